The third kappa shape index (κ3) is 3.14. The Morgan fingerprint density at radius 2 is 1.90 bits per heavy atom. The number of carbonyl (C=O) groups excluding carboxylic acids is 1. The van der Waals surface area contributed by atoms with Gasteiger partial charge < -0.3 is 11.1 Å². The minimum absolute atomic E-state index is 0.453. The van der Waals surface area contributed by atoms with Crippen molar-refractivity contribution < 1.29 is 4.79 Å². The maximum Gasteiger partial charge on any atom is 0.247 e. The van der Waals surface area contributed by atoms with E-state index in [0.29, 0.717) is 5.02 Å². The zero-order valence-electron chi connectivity index (χ0n) is 10.9. The van der Waals surface area contributed by atoms with Gasteiger partial charge in [0.05, 0.1) is 0 Å². The molecule has 1 amide bonds. The van der Waals surface area contributed by atoms with Crippen molar-refractivity contribution in [2.75, 3.05) is 5.32 Å². The van der Waals surface area contributed by atoms with Crippen LogP contribution in [0.3, 0.4) is 0 Å². The Labute approximate surface area is 131 Å². The van der Waals surface area contributed by atoms with Crippen LogP contribution in [-0.4, -0.2) is 5.91 Å². The maximum atomic E-state index is 11.9. The van der Waals surface area contributed by atoms with Crippen LogP contribution in [0.2, 0.25) is 5.02 Å². The number of halogens is 2. The van der Waals surface area contributed by atoms with Gasteiger partial charge in [-0.05, 0) is 48.9 Å². The molecule has 2 aromatic rings. The molecule has 3 nitrogen and oxygen atoms in total. The van der Waals surface area contributed by atoms with Crippen LogP contribution in [0.5, 0.6) is 0 Å². The van der Waals surface area contributed by atoms with Crippen LogP contribution < -0.4 is 11.1 Å². The predicted octanol–water partition coefficient (Wildman–Crippen LogP) is 3.92. The normalized spacial score (nSPS) is 13.6. The number of amides is 1. The fraction of sp³-hybridized carbons (Fsp3) is 0.133. The smallest absolute Gasteiger partial charge is 0.247 e. The number of primary amides is 1. The Morgan fingerprint density at radius 1 is 1.25 bits per heavy atom. The first-order chi connectivity index (χ1) is 9.41. The molecule has 0 saturated carbocycles. The zero-order valence-corrected chi connectivity index (χ0v) is 13.2. The summed E-state index contributed by atoms with van der Waals surface area (Å²) >= 11 is 9.26. The lowest BCUT2D eigenvalue weighted by molar-refractivity contribution is -0.122. The topological polar surface area (TPSA) is 55.1 Å². The molecule has 0 heterocycles. The molecule has 1 unspecified atom stereocenters. The summed E-state index contributed by atoms with van der Waals surface area (Å²) in [5, 5.41) is 3.81. The molecule has 20 heavy (non-hydrogen) atoms. The minimum Gasteiger partial charge on any atom is -0.368 e. The summed E-state index contributed by atoms with van der Waals surface area (Å²) in [5.41, 5.74) is 6.15. The highest BCUT2D eigenvalue weighted by Gasteiger charge is 2.33. The van der Waals surface area contributed by atoms with E-state index in [9.17, 15) is 4.79 Å². The zero-order chi connectivity index (χ0) is 14.8. The predicted molar refractivity (Wildman–Crippen MR) is 85.8 cm³/mol. The largest absolute Gasteiger partial charge is 0.368 e. The molecule has 0 aromatic heterocycles. The monoisotopic (exact) mass is 352 g/mol. The lowest BCUT2D eigenvalue weighted by Gasteiger charge is -2.29. The summed E-state index contributed by atoms with van der Waals surface area (Å²) in [6.07, 6.45) is 0. The molecular weight excluding hydrogens is 340 g/mol. The summed E-state index contributed by atoms with van der Waals surface area (Å²) in [5.74, 6) is -0.453. The molecule has 0 radical (unpaired) electrons. The van der Waals surface area contributed by atoms with E-state index in [-0.39, 0.29) is 0 Å². The molecule has 2 aromatic carbocycles. The maximum absolute atomic E-state index is 11.9. The summed E-state index contributed by atoms with van der Waals surface area (Å²) in [7, 11) is 0. The number of nitrogens with one attached hydrogen (secondary N) is 1. The van der Waals surface area contributed by atoms with E-state index in [1.165, 1.54) is 0 Å². The Bertz CT molecular complexity index is 630. The van der Waals surface area contributed by atoms with Gasteiger partial charge in [0.1, 0.15) is 5.54 Å². The summed E-state index contributed by atoms with van der Waals surface area (Å²) in [4.78, 5) is 11.9. The number of nitrogens with two attached hydrogens (primary N) is 1. The Balaban J connectivity index is 2.39. The van der Waals surface area contributed by atoms with E-state index in [1.54, 1.807) is 19.1 Å². The van der Waals surface area contributed by atoms with Gasteiger partial charge in [-0.1, -0.05) is 39.7 Å². The van der Waals surface area contributed by atoms with Crippen molar-refractivity contribution >= 4 is 39.1 Å². The second-order valence-electron chi connectivity index (χ2n) is 4.63. The Hall–Kier alpha value is -1.52. The van der Waals surface area contributed by atoms with Gasteiger partial charge in [0.15, 0.2) is 0 Å². The standard InChI is InChI=1S/C15H14BrClN2O/c1-15(14(18)20,10-3-2-4-11(16)9-10)19-13-7-5-12(17)6-8-13/h2-9,19H,1H3,(H2,18,20). The first kappa shape index (κ1) is 14.9. The molecular formula is C15H14BrClN2O. The number of carbonyl (C=O) groups is 1. The van der Waals surface area contributed by atoms with Gasteiger partial charge in [0.25, 0.3) is 0 Å². The highest BCUT2D eigenvalue weighted by Crippen LogP contribution is 2.28. The second kappa shape index (κ2) is 5.85. The number of anilines is 1. The summed E-state index contributed by atoms with van der Waals surface area (Å²) < 4.78 is 0.889. The molecule has 0 aliphatic carbocycles. The van der Waals surface area contributed by atoms with Gasteiger partial charge in [-0.15, -0.1) is 0 Å². The van der Waals surface area contributed by atoms with Crippen LogP contribution in [0.15, 0.2) is 53.0 Å². The SMILES string of the molecule is CC(Nc1ccc(Cl)cc1)(C(N)=O)c1cccc(Br)c1. The molecule has 1 atom stereocenters. The van der Waals surface area contributed by atoms with Crippen molar-refractivity contribution in [1.82, 2.24) is 0 Å². The quantitative estimate of drug-likeness (QED) is 0.875. The first-order valence-electron chi connectivity index (χ1n) is 6.01. The molecule has 3 N–H and O–H groups in total. The second-order valence-corrected chi connectivity index (χ2v) is 5.98. The molecule has 2 rings (SSSR count). The van der Waals surface area contributed by atoms with Crippen molar-refractivity contribution in [3.8, 4) is 0 Å². The van der Waals surface area contributed by atoms with Gasteiger partial charge in [0, 0.05) is 15.2 Å². The van der Waals surface area contributed by atoms with Crippen LogP contribution >= 0.6 is 27.5 Å². The van der Waals surface area contributed by atoms with Crippen LogP contribution in [-0.2, 0) is 10.3 Å². The molecule has 0 spiro atoms. The van der Waals surface area contributed by atoms with Crippen molar-refractivity contribution in [2.45, 2.75) is 12.5 Å². The Kier molecular flexibility index (Phi) is 4.35. The lowest BCUT2D eigenvalue weighted by atomic mass is 9.91. The van der Waals surface area contributed by atoms with Gasteiger partial charge in [-0.3, -0.25) is 4.79 Å². The highest BCUT2D eigenvalue weighted by atomic mass is 79.9. The van der Waals surface area contributed by atoms with Crippen molar-refractivity contribution in [3.63, 3.8) is 0 Å². The average molecular weight is 354 g/mol. The van der Waals surface area contributed by atoms with E-state index in [2.05, 4.69) is 21.2 Å². The third-order valence-corrected chi connectivity index (χ3v) is 3.88. The average Bonchev–Trinajstić information content (AvgIpc) is 2.41. The van der Waals surface area contributed by atoms with Gasteiger partial charge in [-0.2, -0.15) is 0 Å². The molecule has 0 bridgehead atoms. The van der Waals surface area contributed by atoms with Crippen LogP contribution in [0.4, 0.5) is 5.69 Å². The van der Waals surface area contributed by atoms with Gasteiger partial charge >= 0.3 is 0 Å². The van der Waals surface area contributed by atoms with E-state index < -0.39 is 11.4 Å². The van der Waals surface area contributed by atoms with Crippen LogP contribution in [0, 0.1) is 0 Å². The van der Waals surface area contributed by atoms with Crippen molar-refractivity contribution in [3.05, 3.63) is 63.6 Å². The Morgan fingerprint density at radius 3 is 2.45 bits per heavy atom. The first-order valence-corrected chi connectivity index (χ1v) is 7.18. The highest BCUT2D eigenvalue weighted by molar-refractivity contribution is 9.10. The minimum atomic E-state index is -1.00. The molecule has 0 aliphatic rings. The van der Waals surface area contributed by atoms with Crippen LogP contribution in [0.1, 0.15) is 12.5 Å². The van der Waals surface area contributed by atoms with E-state index in [0.717, 1.165) is 15.7 Å². The molecule has 0 saturated heterocycles. The number of rotatable bonds is 4. The van der Waals surface area contributed by atoms with Crippen molar-refractivity contribution in [1.29, 1.82) is 0 Å². The number of benzene rings is 2. The van der Waals surface area contributed by atoms with E-state index >= 15 is 0 Å². The number of hydrogen-bond acceptors (Lipinski definition) is 2. The fourth-order valence-electron chi connectivity index (χ4n) is 1.90. The fourth-order valence-corrected chi connectivity index (χ4v) is 2.42. The molecule has 0 fully saturated rings. The molecule has 104 valence electrons. The van der Waals surface area contributed by atoms with Gasteiger partial charge in [-0.25, -0.2) is 0 Å². The molecule has 0 aliphatic heterocycles. The molecule has 5 heteroatoms. The number of hydrogen-bond donors (Lipinski definition) is 2. The summed E-state index contributed by atoms with van der Waals surface area (Å²) in [6.45, 7) is 1.76. The van der Waals surface area contributed by atoms with Crippen molar-refractivity contribution in [2.24, 2.45) is 5.73 Å². The lowest BCUT2D eigenvalue weighted by Crippen LogP contribution is -2.45. The third-order valence-electron chi connectivity index (χ3n) is 3.13. The van der Waals surface area contributed by atoms with E-state index in [1.807, 2.05) is 36.4 Å². The summed E-state index contributed by atoms with van der Waals surface area (Å²) in [6, 6.07) is 14.6. The van der Waals surface area contributed by atoms with Crippen LogP contribution in [0.25, 0.3) is 0 Å². The van der Waals surface area contributed by atoms with E-state index in [4.69, 9.17) is 17.3 Å². The van der Waals surface area contributed by atoms with Gasteiger partial charge in [0.2, 0.25) is 5.91 Å².